The van der Waals surface area contributed by atoms with Gasteiger partial charge in [0.15, 0.2) is 0 Å². The van der Waals surface area contributed by atoms with Gasteiger partial charge in [0.1, 0.15) is 6.04 Å². The van der Waals surface area contributed by atoms with Crippen LogP contribution in [0.25, 0.3) is 0 Å². The first-order chi connectivity index (χ1) is 8.56. The third-order valence-electron chi connectivity index (χ3n) is 2.83. The standard InChI is InChI=1S/C11H20N2O4S/c1-8-7-17-5-4-13(8)11(16)12-9(10(14)15)3-6-18-2/h8-9H,3-7H2,1-2H3,(H,12,16)(H,14,15). The Kier molecular flexibility index (Phi) is 6.28. The first kappa shape index (κ1) is 15.1. The maximum absolute atomic E-state index is 12.0. The van der Waals surface area contributed by atoms with Crippen molar-refractivity contribution in [3.63, 3.8) is 0 Å². The van der Waals surface area contributed by atoms with E-state index in [-0.39, 0.29) is 12.1 Å². The van der Waals surface area contributed by atoms with Crippen LogP contribution < -0.4 is 5.32 Å². The van der Waals surface area contributed by atoms with Crippen LogP contribution in [-0.4, -0.2) is 65.9 Å². The van der Waals surface area contributed by atoms with Gasteiger partial charge in [0.05, 0.1) is 19.3 Å². The summed E-state index contributed by atoms with van der Waals surface area (Å²) in [5.41, 5.74) is 0. The highest BCUT2D eigenvalue weighted by molar-refractivity contribution is 7.98. The molecule has 0 saturated carbocycles. The molecular weight excluding hydrogens is 256 g/mol. The molecule has 7 heteroatoms. The van der Waals surface area contributed by atoms with Crippen LogP contribution in [0.4, 0.5) is 4.79 Å². The summed E-state index contributed by atoms with van der Waals surface area (Å²) in [6.07, 6.45) is 2.34. The van der Waals surface area contributed by atoms with E-state index in [1.807, 2.05) is 13.2 Å². The number of urea groups is 1. The normalized spacial score (nSPS) is 21.4. The third-order valence-corrected chi connectivity index (χ3v) is 3.48. The van der Waals surface area contributed by atoms with E-state index in [1.165, 1.54) is 0 Å². The summed E-state index contributed by atoms with van der Waals surface area (Å²) in [6.45, 7) is 3.38. The predicted molar refractivity (Wildman–Crippen MR) is 69.9 cm³/mol. The topological polar surface area (TPSA) is 78.9 Å². The largest absolute Gasteiger partial charge is 0.480 e. The molecule has 0 aromatic carbocycles. The average Bonchev–Trinajstić information content (AvgIpc) is 2.34. The number of carboxylic acid groups (broad SMARTS) is 1. The van der Waals surface area contributed by atoms with Crippen LogP contribution in [0.5, 0.6) is 0 Å². The average molecular weight is 276 g/mol. The highest BCUT2D eigenvalue weighted by Crippen LogP contribution is 2.08. The lowest BCUT2D eigenvalue weighted by molar-refractivity contribution is -0.139. The van der Waals surface area contributed by atoms with Crippen molar-refractivity contribution >= 4 is 23.8 Å². The molecule has 1 aliphatic heterocycles. The van der Waals surface area contributed by atoms with Crippen LogP contribution in [0.1, 0.15) is 13.3 Å². The molecule has 1 heterocycles. The van der Waals surface area contributed by atoms with Gasteiger partial charge in [0, 0.05) is 6.54 Å². The summed E-state index contributed by atoms with van der Waals surface area (Å²) in [6, 6.07) is -1.16. The summed E-state index contributed by atoms with van der Waals surface area (Å²) >= 11 is 1.56. The number of ether oxygens (including phenoxy) is 1. The fourth-order valence-corrected chi connectivity index (χ4v) is 2.23. The second-order valence-electron chi connectivity index (χ2n) is 4.24. The van der Waals surface area contributed by atoms with Crippen molar-refractivity contribution < 1.29 is 19.4 Å². The Labute approximate surface area is 111 Å². The molecule has 0 aromatic heterocycles. The molecule has 2 amide bonds. The molecule has 18 heavy (non-hydrogen) atoms. The summed E-state index contributed by atoms with van der Waals surface area (Å²) in [4.78, 5) is 24.6. The molecule has 0 aliphatic carbocycles. The number of carbonyl (C=O) groups is 2. The van der Waals surface area contributed by atoms with Crippen LogP contribution in [0.15, 0.2) is 0 Å². The van der Waals surface area contributed by atoms with Crippen molar-refractivity contribution in [1.82, 2.24) is 10.2 Å². The monoisotopic (exact) mass is 276 g/mol. The minimum atomic E-state index is -0.988. The molecule has 2 atom stereocenters. The van der Waals surface area contributed by atoms with E-state index in [4.69, 9.17) is 9.84 Å². The zero-order valence-electron chi connectivity index (χ0n) is 10.7. The van der Waals surface area contributed by atoms with Gasteiger partial charge in [-0.2, -0.15) is 11.8 Å². The molecule has 2 unspecified atom stereocenters. The molecule has 0 aromatic rings. The Morgan fingerprint density at radius 2 is 2.33 bits per heavy atom. The molecule has 0 bridgehead atoms. The molecule has 1 aliphatic rings. The van der Waals surface area contributed by atoms with E-state index in [0.29, 0.717) is 31.9 Å². The Balaban J connectivity index is 2.51. The van der Waals surface area contributed by atoms with Crippen LogP contribution in [0.2, 0.25) is 0 Å². The van der Waals surface area contributed by atoms with E-state index in [2.05, 4.69) is 5.32 Å². The van der Waals surface area contributed by atoms with E-state index in [9.17, 15) is 9.59 Å². The molecule has 104 valence electrons. The second kappa shape index (κ2) is 7.48. The number of nitrogens with one attached hydrogen (secondary N) is 1. The van der Waals surface area contributed by atoms with Crippen molar-refractivity contribution in [3.8, 4) is 0 Å². The summed E-state index contributed by atoms with van der Waals surface area (Å²) in [5.74, 6) is -0.283. The molecule has 1 saturated heterocycles. The fourth-order valence-electron chi connectivity index (χ4n) is 1.75. The van der Waals surface area contributed by atoms with Crippen LogP contribution >= 0.6 is 11.8 Å². The quantitative estimate of drug-likeness (QED) is 0.769. The van der Waals surface area contributed by atoms with Gasteiger partial charge >= 0.3 is 12.0 Å². The highest BCUT2D eigenvalue weighted by Gasteiger charge is 2.27. The maximum Gasteiger partial charge on any atom is 0.326 e. The highest BCUT2D eigenvalue weighted by atomic mass is 32.2. The smallest absolute Gasteiger partial charge is 0.326 e. The Hall–Kier alpha value is -0.950. The van der Waals surface area contributed by atoms with E-state index in [0.717, 1.165) is 0 Å². The minimum absolute atomic E-state index is 0.0197. The number of rotatable bonds is 5. The number of morpholine rings is 1. The SMILES string of the molecule is CSCCC(NC(=O)N1CCOCC1C)C(=O)O. The summed E-state index contributed by atoms with van der Waals surface area (Å²) < 4.78 is 5.24. The zero-order chi connectivity index (χ0) is 13.5. The fraction of sp³-hybridized carbons (Fsp3) is 0.818. The number of amides is 2. The number of hydrogen-bond donors (Lipinski definition) is 2. The van der Waals surface area contributed by atoms with Crippen LogP contribution in [0, 0.1) is 0 Å². The van der Waals surface area contributed by atoms with Gasteiger partial charge in [-0.25, -0.2) is 9.59 Å². The first-order valence-corrected chi connectivity index (χ1v) is 7.32. The summed E-state index contributed by atoms with van der Waals surface area (Å²) in [7, 11) is 0. The first-order valence-electron chi connectivity index (χ1n) is 5.93. The molecule has 0 spiro atoms. The number of hydrogen-bond acceptors (Lipinski definition) is 4. The van der Waals surface area contributed by atoms with Crippen LogP contribution in [-0.2, 0) is 9.53 Å². The number of thioether (sulfide) groups is 1. The Morgan fingerprint density at radius 1 is 1.61 bits per heavy atom. The molecule has 1 fully saturated rings. The van der Waals surface area contributed by atoms with Gasteiger partial charge < -0.3 is 20.1 Å². The Bertz CT molecular complexity index is 301. The number of carbonyl (C=O) groups excluding carboxylic acids is 1. The van der Waals surface area contributed by atoms with E-state index < -0.39 is 12.0 Å². The molecule has 2 N–H and O–H groups in total. The van der Waals surface area contributed by atoms with E-state index >= 15 is 0 Å². The van der Waals surface area contributed by atoms with Crippen molar-refractivity contribution in [3.05, 3.63) is 0 Å². The summed E-state index contributed by atoms with van der Waals surface area (Å²) in [5, 5.41) is 11.6. The number of aliphatic carboxylic acids is 1. The van der Waals surface area contributed by atoms with Gasteiger partial charge in [-0.1, -0.05) is 0 Å². The lowest BCUT2D eigenvalue weighted by atomic mass is 10.2. The maximum atomic E-state index is 12.0. The van der Waals surface area contributed by atoms with Crippen molar-refractivity contribution in [2.45, 2.75) is 25.4 Å². The number of nitrogens with zero attached hydrogens (tertiary/aromatic N) is 1. The molecule has 6 nitrogen and oxygen atoms in total. The molecule has 1 rings (SSSR count). The third kappa shape index (κ3) is 4.38. The lowest BCUT2D eigenvalue weighted by Gasteiger charge is -2.34. The van der Waals surface area contributed by atoms with Gasteiger partial charge in [-0.3, -0.25) is 0 Å². The minimum Gasteiger partial charge on any atom is -0.480 e. The zero-order valence-corrected chi connectivity index (χ0v) is 11.5. The Morgan fingerprint density at radius 3 is 2.89 bits per heavy atom. The van der Waals surface area contributed by atoms with Crippen molar-refractivity contribution in [1.29, 1.82) is 0 Å². The van der Waals surface area contributed by atoms with Gasteiger partial charge in [-0.15, -0.1) is 0 Å². The van der Waals surface area contributed by atoms with Gasteiger partial charge in [0.2, 0.25) is 0 Å². The molecule has 0 radical (unpaired) electrons. The van der Waals surface area contributed by atoms with Crippen molar-refractivity contribution in [2.75, 3.05) is 31.8 Å². The van der Waals surface area contributed by atoms with Crippen LogP contribution in [0.3, 0.4) is 0 Å². The van der Waals surface area contributed by atoms with Gasteiger partial charge in [0.25, 0.3) is 0 Å². The molecular formula is C11H20N2O4S. The lowest BCUT2D eigenvalue weighted by Crippen LogP contribution is -2.54. The van der Waals surface area contributed by atoms with Crippen molar-refractivity contribution in [2.24, 2.45) is 0 Å². The van der Waals surface area contributed by atoms with Gasteiger partial charge in [-0.05, 0) is 25.4 Å². The van der Waals surface area contributed by atoms with E-state index in [1.54, 1.807) is 16.7 Å². The second-order valence-corrected chi connectivity index (χ2v) is 5.22. The predicted octanol–water partition coefficient (Wildman–Crippen LogP) is 0.623. The number of carboxylic acids is 1.